The van der Waals surface area contributed by atoms with Crippen LogP contribution in [0.5, 0.6) is 0 Å². The molecule has 0 radical (unpaired) electrons. The normalized spacial score (nSPS) is 11.0. The largest absolute Gasteiger partial charge is 0.443 e. The van der Waals surface area contributed by atoms with Crippen molar-refractivity contribution in [2.45, 2.75) is 26.4 Å². The molecule has 0 spiro atoms. The number of rotatable bonds is 4. The van der Waals surface area contributed by atoms with Gasteiger partial charge in [0.15, 0.2) is 0 Å². The average Bonchev–Trinajstić information content (AvgIpc) is 2.89. The standard InChI is InChI=1S/C16H20N4O4/c1-16(2,3)24-15(23)20(11-7-5-4-6-8-11)10-13(21)18-12-9-17-19-14(12)22/h4-9H,10H2,1-3H3,(H,18,21)(H2,17,19,22). The molecular weight excluding hydrogens is 312 g/mol. The maximum atomic E-state index is 12.4. The van der Waals surface area contributed by atoms with E-state index >= 15 is 0 Å². The van der Waals surface area contributed by atoms with E-state index in [1.54, 1.807) is 51.1 Å². The molecule has 2 amide bonds. The lowest BCUT2D eigenvalue weighted by molar-refractivity contribution is -0.115. The van der Waals surface area contributed by atoms with Gasteiger partial charge in [-0.3, -0.25) is 19.6 Å². The predicted molar refractivity (Wildman–Crippen MR) is 90.1 cm³/mol. The van der Waals surface area contributed by atoms with Gasteiger partial charge < -0.3 is 15.2 Å². The fraction of sp³-hybridized carbons (Fsp3) is 0.312. The third-order valence-electron chi connectivity index (χ3n) is 2.90. The highest BCUT2D eigenvalue weighted by Gasteiger charge is 2.25. The number of ether oxygens (including phenoxy) is 1. The number of para-hydroxylation sites is 1. The summed E-state index contributed by atoms with van der Waals surface area (Å²) in [6, 6.07) is 8.69. The third-order valence-corrected chi connectivity index (χ3v) is 2.90. The number of anilines is 2. The van der Waals surface area contributed by atoms with Crippen molar-refractivity contribution in [3.8, 4) is 0 Å². The second-order valence-electron chi connectivity index (χ2n) is 6.11. The van der Waals surface area contributed by atoms with E-state index in [1.807, 2.05) is 0 Å². The van der Waals surface area contributed by atoms with E-state index in [2.05, 4.69) is 15.5 Å². The lowest BCUT2D eigenvalue weighted by Gasteiger charge is -2.27. The number of nitrogens with one attached hydrogen (secondary N) is 3. The van der Waals surface area contributed by atoms with Crippen LogP contribution >= 0.6 is 0 Å². The van der Waals surface area contributed by atoms with Crippen LogP contribution in [0.4, 0.5) is 16.2 Å². The number of carbonyl (C=O) groups excluding carboxylic acids is 2. The summed E-state index contributed by atoms with van der Waals surface area (Å²) in [7, 11) is 0. The Labute approximate surface area is 138 Å². The maximum absolute atomic E-state index is 12.4. The SMILES string of the molecule is CC(C)(C)OC(=O)N(CC(=O)Nc1c[nH][nH]c1=O)c1ccccc1. The lowest BCUT2D eigenvalue weighted by atomic mass is 10.2. The monoisotopic (exact) mass is 332 g/mol. The highest BCUT2D eigenvalue weighted by atomic mass is 16.6. The van der Waals surface area contributed by atoms with Gasteiger partial charge in [0.2, 0.25) is 5.91 Å². The van der Waals surface area contributed by atoms with Crippen LogP contribution in [0, 0.1) is 0 Å². The minimum atomic E-state index is -0.696. The molecule has 0 aliphatic heterocycles. The van der Waals surface area contributed by atoms with Crippen molar-refractivity contribution in [3.63, 3.8) is 0 Å². The first-order valence-electron chi connectivity index (χ1n) is 7.38. The molecule has 0 bridgehead atoms. The van der Waals surface area contributed by atoms with E-state index in [0.717, 1.165) is 0 Å². The van der Waals surface area contributed by atoms with Gasteiger partial charge in [-0.25, -0.2) is 4.79 Å². The highest BCUT2D eigenvalue weighted by Crippen LogP contribution is 2.18. The molecular formula is C16H20N4O4. The number of nitrogens with zero attached hydrogens (tertiary/aromatic N) is 1. The van der Waals surface area contributed by atoms with Crippen LogP contribution in [0.1, 0.15) is 20.8 Å². The summed E-state index contributed by atoms with van der Waals surface area (Å²) >= 11 is 0. The van der Waals surface area contributed by atoms with Crippen LogP contribution in [-0.2, 0) is 9.53 Å². The smallest absolute Gasteiger partial charge is 0.415 e. The van der Waals surface area contributed by atoms with Gasteiger partial charge >= 0.3 is 6.09 Å². The number of carbonyl (C=O) groups is 2. The van der Waals surface area contributed by atoms with Crippen molar-refractivity contribution in [1.82, 2.24) is 10.2 Å². The predicted octanol–water partition coefficient (Wildman–Crippen LogP) is 2.08. The Morgan fingerprint density at radius 1 is 1.21 bits per heavy atom. The summed E-state index contributed by atoms with van der Waals surface area (Å²) in [5, 5.41) is 7.24. The van der Waals surface area contributed by atoms with Gasteiger partial charge in [0.1, 0.15) is 17.8 Å². The summed E-state index contributed by atoms with van der Waals surface area (Å²) in [5.41, 5.74) is -0.549. The molecule has 0 unspecified atom stereocenters. The van der Waals surface area contributed by atoms with Crippen molar-refractivity contribution >= 4 is 23.4 Å². The molecule has 1 heterocycles. The summed E-state index contributed by atoms with van der Waals surface area (Å²) in [6.45, 7) is 4.94. The molecule has 128 valence electrons. The first-order chi connectivity index (χ1) is 11.3. The topological polar surface area (TPSA) is 107 Å². The van der Waals surface area contributed by atoms with Gasteiger partial charge in [-0.15, -0.1) is 0 Å². The fourth-order valence-corrected chi connectivity index (χ4v) is 1.92. The van der Waals surface area contributed by atoms with Crippen LogP contribution < -0.4 is 15.8 Å². The number of aromatic amines is 2. The Balaban J connectivity index is 2.17. The maximum Gasteiger partial charge on any atom is 0.415 e. The molecule has 0 saturated heterocycles. The number of aromatic nitrogens is 2. The van der Waals surface area contributed by atoms with Crippen molar-refractivity contribution in [2.24, 2.45) is 0 Å². The fourth-order valence-electron chi connectivity index (χ4n) is 1.92. The van der Waals surface area contributed by atoms with Gasteiger partial charge in [0.05, 0.1) is 0 Å². The van der Waals surface area contributed by atoms with Gasteiger partial charge in [-0.2, -0.15) is 0 Å². The molecule has 0 atom stereocenters. The van der Waals surface area contributed by atoms with E-state index < -0.39 is 23.2 Å². The molecule has 8 nitrogen and oxygen atoms in total. The summed E-state index contributed by atoms with van der Waals surface area (Å²) < 4.78 is 5.35. The Hall–Kier alpha value is -3.03. The summed E-state index contributed by atoms with van der Waals surface area (Å²) in [5.74, 6) is -0.519. The van der Waals surface area contributed by atoms with E-state index in [4.69, 9.17) is 4.74 Å². The number of hydrogen-bond acceptors (Lipinski definition) is 4. The van der Waals surface area contributed by atoms with Crippen LogP contribution in [-0.4, -0.2) is 34.3 Å². The number of benzene rings is 1. The zero-order chi connectivity index (χ0) is 17.7. The van der Waals surface area contributed by atoms with Crippen molar-refractivity contribution < 1.29 is 14.3 Å². The number of hydrogen-bond donors (Lipinski definition) is 3. The lowest BCUT2D eigenvalue weighted by Crippen LogP contribution is -2.41. The van der Waals surface area contributed by atoms with Gasteiger partial charge in [0, 0.05) is 11.9 Å². The summed E-state index contributed by atoms with van der Waals surface area (Å²) in [6.07, 6.45) is 0.687. The zero-order valence-corrected chi connectivity index (χ0v) is 13.8. The van der Waals surface area contributed by atoms with E-state index in [9.17, 15) is 14.4 Å². The van der Waals surface area contributed by atoms with Gasteiger partial charge in [-0.1, -0.05) is 18.2 Å². The van der Waals surface area contributed by atoms with Crippen molar-refractivity contribution in [3.05, 3.63) is 46.9 Å². The molecule has 0 saturated carbocycles. The average molecular weight is 332 g/mol. The Morgan fingerprint density at radius 2 is 1.88 bits per heavy atom. The molecule has 0 aliphatic carbocycles. The minimum absolute atomic E-state index is 0.0807. The van der Waals surface area contributed by atoms with Crippen LogP contribution in [0.2, 0.25) is 0 Å². The Morgan fingerprint density at radius 3 is 2.42 bits per heavy atom. The molecule has 0 aliphatic rings. The first-order valence-corrected chi connectivity index (χ1v) is 7.38. The molecule has 1 aromatic heterocycles. The Bertz CT molecular complexity index is 758. The van der Waals surface area contributed by atoms with Gasteiger partial charge in [0.25, 0.3) is 5.56 Å². The molecule has 8 heteroatoms. The molecule has 1 aromatic carbocycles. The second kappa shape index (κ2) is 7.03. The van der Waals surface area contributed by atoms with Crippen molar-refractivity contribution in [1.29, 1.82) is 0 Å². The van der Waals surface area contributed by atoms with Crippen LogP contribution in [0.25, 0.3) is 0 Å². The van der Waals surface area contributed by atoms with Crippen molar-refractivity contribution in [2.75, 3.05) is 16.8 Å². The second-order valence-corrected chi connectivity index (χ2v) is 6.11. The number of H-pyrrole nitrogens is 2. The van der Waals surface area contributed by atoms with Crippen LogP contribution in [0.15, 0.2) is 41.3 Å². The number of amides is 2. The van der Waals surface area contributed by atoms with Crippen LogP contribution in [0.3, 0.4) is 0 Å². The third kappa shape index (κ3) is 4.73. The molecule has 2 aromatic rings. The first kappa shape index (κ1) is 17.3. The molecule has 3 N–H and O–H groups in total. The molecule has 2 rings (SSSR count). The quantitative estimate of drug-likeness (QED) is 0.796. The minimum Gasteiger partial charge on any atom is -0.443 e. The summed E-state index contributed by atoms with van der Waals surface area (Å²) in [4.78, 5) is 37.2. The highest BCUT2D eigenvalue weighted by molar-refractivity contribution is 6.00. The van der Waals surface area contributed by atoms with E-state index in [1.165, 1.54) is 11.1 Å². The molecule has 0 fully saturated rings. The van der Waals surface area contributed by atoms with E-state index in [0.29, 0.717) is 5.69 Å². The van der Waals surface area contributed by atoms with Gasteiger partial charge in [-0.05, 0) is 32.9 Å². The Kier molecular flexibility index (Phi) is 5.08. The van der Waals surface area contributed by atoms with E-state index in [-0.39, 0.29) is 12.2 Å². The molecule has 24 heavy (non-hydrogen) atoms. The zero-order valence-electron chi connectivity index (χ0n) is 13.8.